The second-order valence-corrected chi connectivity index (χ2v) is 21.2. The highest BCUT2D eigenvalue weighted by molar-refractivity contribution is 6.29. The van der Waals surface area contributed by atoms with Crippen molar-refractivity contribution in [2.75, 3.05) is 9.80 Å². The highest BCUT2D eigenvalue weighted by atomic mass is 16.3. The van der Waals surface area contributed by atoms with Crippen molar-refractivity contribution in [1.29, 1.82) is 0 Å². The molecule has 0 bridgehead atoms. The zero-order valence-electron chi connectivity index (χ0n) is 42.1. The number of para-hydroxylation sites is 4. The van der Waals surface area contributed by atoms with Gasteiger partial charge in [-0.2, -0.15) is 0 Å². The molecular weight excluding hydrogens is 853 g/mol. The molecule has 0 spiro atoms. The van der Waals surface area contributed by atoms with Crippen molar-refractivity contribution >= 4 is 110 Å². The van der Waals surface area contributed by atoms with Gasteiger partial charge in [0, 0.05) is 54.8 Å². The van der Waals surface area contributed by atoms with Crippen molar-refractivity contribution in [2.45, 2.75) is 92.9 Å². The van der Waals surface area contributed by atoms with Crippen molar-refractivity contribution in [3.63, 3.8) is 0 Å². The number of hydrogen-bond donors (Lipinski definition) is 0. The third-order valence-electron chi connectivity index (χ3n) is 16.3. The molecule has 346 valence electrons. The van der Waals surface area contributed by atoms with Crippen LogP contribution >= 0.6 is 0 Å². The summed E-state index contributed by atoms with van der Waals surface area (Å²) in [6.07, 6.45) is 2.01. The molecule has 0 atom stereocenters. The van der Waals surface area contributed by atoms with Crippen LogP contribution in [0.15, 0.2) is 167 Å². The molecule has 12 aromatic rings. The van der Waals surface area contributed by atoms with Gasteiger partial charge in [-0.15, -0.1) is 0 Å². The third kappa shape index (κ3) is 6.56. The van der Waals surface area contributed by atoms with Crippen LogP contribution in [0.3, 0.4) is 0 Å². The molecule has 4 heteroatoms. The number of furan rings is 2. The predicted molar refractivity (Wildman–Crippen MR) is 300 cm³/mol. The minimum absolute atomic E-state index is 0.0476. The molecule has 0 N–H and O–H groups in total. The molecule has 0 radical (unpaired) electrons. The van der Waals surface area contributed by atoms with Gasteiger partial charge in [0.15, 0.2) is 11.2 Å². The van der Waals surface area contributed by atoms with Crippen LogP contribution in [-0.4, -0.2) is 0 Å². The summed E-state index contributed by atoms with van der Waals surface area (Å²) in [5.41, 5.74) is 17.5. The molecule has 0 saturated heterocycles. The molecule has 70 heavy (non-hydrogen) atoms. The first kappa shape index (κ1) is 43.7. The van der Waals surface area contributed by atoms with Crippen LogP contribution in [0.25, 0.3) is 76.2 Å². The molecule has 0 amide bonds. The summed E-state index contributed by atoms with van der Waals surface area (Å²) in [5, 5.41) is 11.8. The molecule has 2 heterocycles. The van der Waals surface area contributed by atoms with E-state index >= 15 is 0 Å². The first-order valence-corrected chi connectivity index (χ1v) is 25.1. The number of benzene rings is 10. The Morgan fingerprint density at radius 1 is 0.357 bits per heavy atom. The van der Waals surface area contributed by atoms with Gasteiger partial charge in [0.2, 0.25) is 0 Å². The molecule has 0 aliphatic rings. The monoisotopic (exact) mass is 912 g/mol. The lowest BCUT2D eigenvalue weighted by molar-refractivity contribution is 0.500. The summed E-state index contributed by atoms with van der Waals surface area (Å²) < 4.78 is 14.3. The van der Waals surface area contributed by atoms with Crippen molar-refractivity contribution < 1.29 is 8.83 Å². The lowest BCUT2D eigenvalue weighted by atomic mass is 9.81. The van der Waals surface area contributed by atoms with Crippen LogP contribution in [-0.2, 0) is 10.8 Å². The van der Waals surface area contributed by atoms with E-state index in [1.807, 2.05) is 0 Å². The maximum Gasteiger partial charge on any atom is 0.159 e. The molecule has 0 aliphatic carbocycles. The average molecular weight is 913 g/mol. The van der Waals surface area contributed by atoms with Crippen LogP contribution in [0, 0.1) is 27.7 Å². The second-order valence-electron chi connectivity index (χ2n) is 21.2. The molecule has 0 unspecified atom stereocenters. The van der Waals surface area contributed by atoms with E-state index in [1.165, 1.54) is 65.7 Å². The maximum absolute atomic E-state index is 7.17. The van der Waals surface area contributed by atoms with E-state index in [0.29, 0.717) is 0 Å². The maximum atomic E-state index is 7.17. The summed E-state index contributed by atoms with van der Waals surface area (Å²) in [5.74, 6) is 0. The number of fused-ring (bicyclic) bond motifs is 6. The van der Waals surface area contributed by atoms with Gasteiger partial charge in [0.25, 0.3) is 0 Å². The number of aryl methyl sites for hydroxylation is 4. The number of hydrogen-bond acceptors (Lipinski definition) is 4. The third-order valence-corrected chi connectivity index (χ3v) is 16.3. The largest absolute Gasteiger partial charge is 0.454 e. The fourth-order valence-corrected chi connectivity index (χ4v) is 11.1. The minimum atomic E-state index is -0.0476. The molecule has 2 aromatic heterocycles. The van der Waals surface area contributed by atoms with Gasteiger partial charge in [0.05, 0.1) is 22.7 Å². The minimum Gasteiger partial charge on any atom is -0.454 e. The Hall–Kier alpha value is -7.56. The smallest absolute Gasteiger partial charge is 0.159 e. The Labute approximate surface area is 411 Å². The lowest BCUT2D eigenvalue weighted by Crippen LogP contribution is -2.15. The fraction of sp³-hybridized carbons (Fsp3) is 0.212. The lowest BCUT2D eigenvalue weighted by Gasteiger charge is -2.30. The first-order chi connectivity index (χ1) is 33.8. The number of nitrogens with zero attached hydrogens (tertiary/aromatic N) is 2. The van der Waals surface area contributed by atoms with Crippen LogP contribution in [0.4, 0.5) is 34.1 Å². The van der Waals surface area contributed by atoms with Crippen LogP contribution in [0.2, 0.25) is 0 Å². The fourth-order valence-electron chi connectivity index (χ4n) is 11.1. The highest BCUT2D eigenvalue weighted by Gasteiger charge is 2.29. The topological polar surface area (TPSA) is 32.8 Å². The zero-order valence-corrected chi connectivity index (χ0v) is 42.1. The SMILES string of the molecule is CCC(C)(C)c1cccc2c1oc1c(N(c3ccc(C)c(C)c3)c3ccc4ccc5c(N(c6ccc(C)c(C)c6)c6cccc7c6oc6c(C(C)(C)CC)cccc67)ccc6ccc3c4c65)cccc12. The van der Waals surface area contributed by atoms with Gasteiger partial charge < -0.3 is 18.6 Å². The summed E-state index contributed by atoms with van der Waals surface area (Å²) in [7, 11) is 0. The van der Waals surface area contributed by atoms with E-state index in [-0.39, 0.29) is 10.8 Å². The van der Waals surface area contributed by atoms with E-state index in [4.69, 9.17) is 8.83 Å². The van der Waals surface area contributed by atoms with E-state index in [0.717, 1.165) is 90.8 Å². The molecule has 12 rings (SSSR count). The summed E-state index contributed by atoms with van der Waals surface area (Å²) in [6.45, 7) is 22.6. The van der Waals surface area contributed by atoms with Crippen molar-refractivity contribution in [2.24, 2.45) is 0 Å². The summed E-state index contributed by atoms with van der Waals surface area (Å²) >= 11 is 0. The average Bonchev–Trinajstić information content (AvgIpc) is 3.96. The Bertz CT molecular complexity index is 3790. The van der Waals surface area contributed by atoms with Crippen molar-refractivity contribution in [3.8, 4) is 0 Å². The predicted octanol–water partition coefficient (Wildman–Crippen LogP) is 19.9. The zero-order chi connectivity index (χ0) is 48.4. The van der Waals surface area contributed by atoms with Crippen LogP contribution in [0.1, 0.15) is 87.8 Å². The van der Waals surface area contributed by atoms with E-state index in [2.05, 4.69) is 237 Å². The van der Waals surface area contributed by atoms with E-state index in [9.17, 15) is 0 Å². The highest BCUT2D eigenvalue weighted by Crippen LogP contribution is 2.51. The van der Waals surface area contributed by atoms with Gasteiger partial charge in [0.1, 0.15) is 11.2 Å². The van der Waals surface area contributed by atoms with E-state index < -0.39 is 0 Å². The Morgan fingerprint density at radius 3 is 1.11 bits per heavy atom. The molecule has 10 aromatic carbocycles. The quantitative estimate of drug-likeness (QED) is 0.128. The van der Waals surface area contributed by atoms with Gasteiger partial charge >= 0.3 is 0 Å². The normalized spacial score (nSPS) is 12.5. The summed E-state index contributed by atoms with van der Waals surface area (Å²) in [6, 6.07) is 58.8. The number of anilines is 6. The van der Waals surface area contributed by atoms with Gasteiger partial charge in [-0.1, -0.05) is 151 Å². The molecule has 4 nitrogen and oxygen atoms in total. The molecule has 0 fully saturated rings. The van der Waals surface area contributed by atoms with Gasteiger partial charge in [-0.25, -0.2) is 0 Å². The van der Waals surface area contributed by atoms with Crippen molar-refractivity contribution in [1.82, 2.24) is 0 Å². The van der Waals surface area contributed by atoms with Crippen LogP contribution in [0.5, 0.6) is 0 Å². The molecule has 0 aliphatic heterocycles. The van der Waals surface area contributed by atoms with Gasteiger partial charge in [-0.3, -0.25) is 0 Å². The summed E-state index contributed by atoms with van der Waals surface area (Å²) in [4.78, 5) is 4.87. The Morgan fingerprint density at radius 2 is 0.729 bits per heavy atom. The standard InChI is InChI=1S/C66H60N2O2/c1-11-65(7,8)53-21-13-17-47-49-19-15-23-57(63(49)69-61(47)53)67(45-31-25-39(3)41(5)37-45)55-35-29-43-28-34-52-56(36-30-44-27-33-51(55)59(43)60(44)52)68(46-32-26-40(4)42(6)38-46)58-24-16-20-50-48-18-14-22-54(66(9,10)12-2)62(48)70-64(50)58/h13-38H,11-12H2,1-10H3. The van der Waals surface area contributed by atoms with Crippen LogP contribution < -0.4 is 9.80 Å². The number of rotatable bonds is 10. The molecule has 0 saturated carbocycles. The second kappa shape index (κ2) is 16.0. The Balaban J connectivity index is 1.13. The van der Waals surface area contributed by atoms with Crippen molar-refractivity contribution in [3.05, 3.63) is 191 Å². The Kier molecular flexibility index (Phi) is 9.99. The van der Waals surface area contributed by atoms with E-state index in [1.54, 1.807) is 0 Å². The first-order valence-electron chi connectivity index (χ1n) is 25.1. The van der Waals surface area contributed by atoms with Gasteiger partial charge in [-0.05, 0) is 144 Å². The molecular formula is C66H60N2O2.